The van der Waals surface area contributed by atoms with E-state index in [2.05, 4.69) is 16.4 Å². The molecule has 32 heavy (non-hydrogen) atoms. The number of hydrogen-bond acceptors (Lipinski definition) is 5. The van der Waals surface area contributed by atoms with E-state index in [1.54, 1.807) is 0 Å². The zero-order chi connectivity index (χ0) is 23.3. The van der Waals surface area contributed by atoms with Crippen LogP contribution in [-0.2, 0) is 10.0 Å². The first-order valence-corrected chi connectivity index (χ1v) is 13.0. The Kier molecular flexibility index (Phi) is 7.82. The van der Waals surface area contributed by atoms with Crippen molar-refractivity contribution in [3.63, 3.8) is 0 Å². The summed E-state index contributed by atoms with van der Waals surface area (Å²) in [4.78, 5) is 17.4. The number of rotatable bonds is 9. The zero-order valence-electron chi connectivity index (χ0n) is 18.9. The van der Waals surface area contributed by atoms with Gasteiger partial charge in [0.15, 0.2) is 5.13 Å². The van der Waals surface area contributed by atoms with E-state index in [1.165, 1.54) is 45.5 Å². The summed E-state index contributed by atoms with van der Waals surface area (Å²) in [5, 5.41) is 5.22. The van der Waals surface area contributed by atoms with Gasteiger partial charge in [-0.2, -0.15) is 4.31 Å². The van der Waals surface area contributed by atoms with Gasteiger partial charge in [-0.05, 0) is 56.5 Å². The van der Waals surface area contributed by atoms with Crippen LogP contribution in [0.4, 0.5) is 5.13 Å². The van der Waals surface area contributed by atoms with Crippen LogP contribution in [0.25, 0.3) is 11.3 Å². The van der Waals surface area contributed by atoms with Crippen LogP contribution in [0.3, 0.4) is 0 Å². The predicted molar refractivity (Wildman–Crippen MR) is 131 cm³/mol. The molecule has 0 spiro atoms. The molecule has 1 aromatic heterocycles. The summed E-state index contributed by atoms with van der Waals surface area (Å²) < 4.78 is 27.3. The number of hydrogen-bond donors (Lipinski definition) is 1. The van der Waals surface area contributed by atoms with Crippen molar-refractivity contribution in [1.82, 2.24) is 9.29 Å². The molecule has 0 aliphatic carbocycles. The topological polar surface area (TPSA) is 79.4 Å². The first-order valence-electron chi connectivity index (χ1n) is 10.7. The van der Waals surface area contributed by atoms with Gasteiger partial charge in [-0.15, -0.1) is 11.3 Å². The van der Waals surface area contributed by atoms with Crippen molar-refractivity contribution in [2.45, 2.75) is 45.4 Å². The second kappa shape index (κ2) is 10.4. The molecule has 0 radical (unpaired) electrons. The molecule has 0 bridgehead atoms. The highest BCUT2D eigenvalue weighted by atomic mass is 32.2. The number of aryl methyl sites for hydroxylation is 2. The van der Waals surface area contributed by atoms with Crippen molar-refractivity contribution in [2.75, 3.05) is 18.4 Å². The first kappa shape index (κ1) is 24.1. The molecule has 0 atom stereocenters. The number of anilines is 1. The van der Waals surface area contributed by atoms with Crippen LogP contribution in [0.15, 0.2) is 52.7 Å². The molecule has 0 saturated carbocycles. The number of amides is 1. The standard InChI is InChI=1S/C24H29N3O3S2/c1-5-13-27(14-6-2)32(29,30)20-10-8-19(9-11-20)23(28)26-24-25-22(16-31-24)21-12-7-17(3)15-18(21)4/h7-12,15-16H,5-6,13-14H2,1-4H3,(H,25,26,28). The second-order valence-corrected chi connectivity index (χ2v) is 10.5. The summed E-state index contributed by atoms with van der Waals surface area (Å²) in [6.45, 7) is 8.95. The van der Waals surface area contributed by atoms with E-state index >= 15 is 0 Å². The van der Waals surface area contributed by atoms with Gasteiger partial charge >= 0.3 is 0 Å². The second-order valence-electron chi connectivity index (χ2n) is 7.74. The Morgan fingerprint density at radius 1 is 1.03 bits per heavy atom. The third-order valence-electron chi connectivity index (χ3n) is 5.08. The van der Waals surface area contributed by atoms with Crippen LogP contribution in [0.5, 0.6) is 0 Å². The van der Waals surface area contributed by atoms with Gasteiger partial charge in [-0.1, -0.05) is 37.6 Å². The van der Waals surface area contributed by atoms with Crippen molar-refractivity contribution in [3.05, 3.63) is 64.5 Å². The molecule has 1 N–H and O–H groups in total. The largest absolute Gasteiger partial charge is 0.298 e. The van der Waals surface area contributed by atoms with E-state index in [4.69, 9.17) is 0 Å². The number of carbonyl (C=O) groups is 1. The number of nitrogens with one attached hydrogen (secondary N) is 1. The number of carbonyl (C=O) groups excluding carboxylic acids is 1. The summed E-state index contributed by atoms with van der Waals surface area (Å²) in [6, 6.07) is 12.2. The Labute approximate surface area is 194 Å². The van der Waals surface area contributed by atoms with Gasteiger partial charge < -0.3 is 0 Å². The molecule has 2 aromatic carbocycles. The van der Waals surface area contributed by atoms with Crippen molar-refractivity contribution in [1.29, 1.82) is 0 Å². The van der Waals surface area contributed by atoms with Crippen LogP contribution >= 0.6 is 11.3 Å². The fraction of sp³-hybridized carbons (Fsp3) is 0.333. The molecule has 0 unspecified atom stereocenters. The minimum atomic E-state index is -3.57. The smallest absolute Gasteiger partial charge is 0.257 e. The van der Waals surface area contributed by atoms with Crippen molar-refractivity contribution >= 4 is 32.4 Å². The Morgan fingerprint density at radius 3 is 2.28 bits per heavy atom. The van der Waals surface area contributed by atoms with E-state index < -0.39 is 10.0 Å². The average Bonchev–Trinajstić information content (AvgIpc) is 3.21. The summed E-state index contributed by atoms with van der Waals surface area (Å²) in [6.07, 6.45) is 1.50. The average molecular weight is 472 g/mol. The third kappa shape index (κ3) is 5.43. The molecule has 6 nitrogen and oxygen atoms in total. The normalized spacial score (nSPS) is 11.7. The quantitative estimate of drug-likeness (QED) is 0.447. The maximum absolute atomic E-state index is 12.9. The van der Waals surface area contributed by atoms with Gasteiger partial charge in [0, 0.05) is 29.6 Å². The van der Waals surface area contributed by atoms with Crippen LogP contribution in [0, 0.1) is 13.8 Å². The van der Waals surface area contributed by atoms with E-state index in [1.807, 2.05) is 45.2 Å². The van der Waals surface area contributed by atoms with E-state index in [9.17, 15) is 13.2 Å². The fourth-order valence-electron chi connectivity index (χ4n) is 3.50. The molecule has 8 heteroatoms. The van der Waals surface area contributed by atoms with Crippen molar-refractivity contribution in [3.8, 4) is 11.3 Å². The molecule has 170 valence electrons. The first-order chi connectivity index (χ1) is 15.3. The molecule has 0 saturated heterocycles. The number of sulfonamides is 1. The maximum Gasteiger partial charge on any atom is 0.257 e. The molecule has 0 aliphatic rings. The molecule has 1 heterocycles. The van der Waals surface area contributed by atoms with Crippen LogP contribution in [0.1, 0.15) is 48.2 Å². The van der Waals surface area contributed by atoms with E-state index in [-0.39, 0.29) is 10.8 Å². The molecular formula is C24H29N3O3S2. The Balaban J connectivity index is 1.73. The predicted octanol–water partition coefficient (Wildman–Crippen LogP) is 5.49. The van der Waals surface area contributed by atoms with Crippen LogP contribution in [-0.4, -0.2) is 36.7 Å². The summed E-state index contributed by atoms with van der Waals surface area (Å²) in [5.41, 5.74) is 4.55. The highest BCUT2D eigenvalue weighted by Gasteiger charge is 2.23. The lowest BCUT2D eigenvalue weighted by atomic mass is 10.0. The number of benzene rings is 2. The van der Waals surface area contributed by atoms with Crippen molar-refractivity contribution in [2.24, 2.45) is 0 Å². The zero-order valence-corrected chi connectivity index (χ0v) is 20.5. The van der Waals surface area contributed by atoms with Gasteiger partial charge in [-0.3, -0.25) is 10.1 Å². The number of nitrogens with zero attached hydrogens (tertiary/aromatic N) is 2. The van der Waals surface area contributed by atoms with Crippen LogP contribution < -0.4 is 5.32 Å². The number of thiazole rings is 1. The number of aromatic nitrogens is 1. The minimum absolute atomic E-state index is 0.197. The maximum atomic E-state index is 12.9. The fourth-order valence-corrected chi connectivity index (χ4v) is 5.83. The summed E-state index contributed by atoms with van der Waals surface area (Å²) in [5.74, 6) is -0.325. The van der Waals surface area contributed by atoms with Gasteiger partial charge in [0.2, 0.25) is 10.0 Å². The minimum Gasteiger partial charge on any atom is -0.298 e. The van der Waals surface area contributed by atoms with Gasteiger partial charge in [0.25, 0.3) is 5.91 Å². The Morgan fingerprint density at radius 2 is 1.69 bits per heavy atom. The lowest BCUT2D eigenvalue weighted by Gasteiger charge is -2.21. The Hall–Kier alpha value is -2.55. The lowest BCUT2D eigenvalue weighted by Crippen LogP contribution is -2.32. The Bertz CT molecular complexity index is 1180. The van der Waals surface area contributed by atoms with Gasteiger partial charge in [-0.25, -0.2) is 13.4 Å². The molecule has 3 rings (SSSR count). The highest BCUT2D eigenvalue weighted by molar-refractivity contribution is 7.89. The highest BCUT2D eigenvalue weighted by Crippen LogP contribution is 2.28. The van der Waals surface area contributed by atoms with Gasteiger partial charge in [0.1, 0.15) is 0 Å². The third-order valence-corrected chi connectivity index (χ3v) is 7.75. The molecule has 0 fully saturated rings. The molecule has 0 aliphatic heterocycles. The van der Waals surface area contributed by atoms with Crippen molar-refractivity contribution < 1.29 is 13.2 Å². The van der Waals surface area contributed by atoms with E-state index in [0.717, 1.165) is 29.7 Å². The molecule has 1 amide bonds. The van der Waals surface area contributed by atoms with Crippen LogP contribution in [0.2, 0.25) is 0 Å². The molecular weight excluding hydrogens is 442 g/mol. The monoisotopic (exact) mass is 471 g/mol. The SMILES string of the molecule is CCCN(CCC)S(=O)(=O)c1ccc(C(=O)Nc2nc(-c3ccc(C)cc3C)cs2)cc1. The molecule has 3 aromatic rings. The van der Waals surface area contributed by atoms with E-state index in [0.29, 0.717) is 23.8 Å². The lowest BCUT2D eigenvalue weighted by molar-refractivity contribution is 0.102. The van der Waals surface area contributed by atoms with Gasteiger partial charge in [0.05, 0.1) is 10.6 Å². The summed E-state index contributed by atoms with van der Waals surface area (Å²) in [7, 11) is -3.57. The summed E-state index contributed by atoms with van der Waals surface area (Å²) >= 11 is 1.36.